The molecule has 11 heteroatoms. The van der Waals surface area contributed by atoms with E-state index in [1.54, 1.807) is 47.5 Å². The third kappa shape index (κ3) is 6.22. The SMILES string of the molecule is C[C@H]1CN([C@@H](C)CO)C(=O)c2cc(NC(=O)C3CCCCC3)ccc2O[C@H]1CN(C)S(=O)(=O)c1cccs1. The average molecular weight is 564 g/mol. The highest BCUT2D eigenvalue weighted by molar-refractivity contribution is 7.91. The van der Waals surface area contributed by atoms with E-state index in [4.69, 9.17) is 4.74 Å². The standard InChI is InChI=1S/C27H37N3O6S2/c1-18-15-30(19(2)17-31)27(33)22-14-21(28-26(32)20-8-5-4-6-9-20)11-12-23(22)36-24(18)16-29(3)38(34,35)25-10-7-13-37-25/h7,10-14,18-20,24,31H,4-6,8-9,15-17H2,1-3H3,(H,28,32)/t18-,19-,24-/m0/s1. The highest BCUT2D eigenvalue weighted by Crippen LogP contribution is 2.32. The maximum atomic E-state index is 13.6. The van der Waals surface area contributed by atoms with Crippen molar-refractivity contribution in [3.05, 3.63) is 41.3 Å². The molecule has 0 saturated heterocycles. The van der Waals surface area contributed by atoms with Crippen LogP contribution in [-0.2, 0) is 14.8 Å². The van der Waals surface area contributed by atoms with Crippen LogP contribution in [0.25, 0.3) is 0 Å². The van der Waals surface area contributed by atoms with Crippen molar-refractivity contribution < 1.29 is 27.9 Å². The van der Waals surface area contributed by atoms with Gasteiger partial charge in [0.25, 0.3) is 15.9 Å². The normalized spacial score (nSPS) is 21.8. The van der Waals surface area contributed by atoms with Crippen molar-refractivity contribution in [1.29, 1.82) is 0 Å². The number of carbonyl (C=O) groups excluding carboxylic acids is 2. The van der Waals surface area contributed by atoms with Crippen LogP contribution in [0.4, 0.5) is 5.69 Å². The molecule has 1 fully saturated rings. The molecule has 0 radical (unpaired) electrons. The van der Waals surface area contributed by atoms with Gasteiger partial charge in [-0.25, -0.2) is 8.42 Å². The molecule has 2 aromatic rings. The Morgan fingerprint density at radius 3 is 2.66 bits per heavy atom. The third-order valence-electron chi connectivity index (χ3n) is 7.50. The number of nitrogens with one attached hydrogen (secondary N) is 1. The topological polar surface area (TPSA) is 116 Å². The van der Waals surface area contributed by atoms with E-state index in [0.717, 1.165) is 43.4 Å². The second kappa shape index (κ2) is 12.1. The lowest BCUT2D eigenvalue weighted by Gasteiger charge is -2.38. The molecule has 2 heterocycles. The Kier molecular flexibility index (Phi) is 9.12. The maximum Gasteiger partial charge on any atom is 0.258 e. The minimum atomic E-state index is -3.69. The highest BCUT2D eigenvalue weighted by atomic mass is 32.2. The van der Waals surface area contributed by atoms with E-state index in [0.29, 0.717) is 11.4 Å². The summed E-state index contributed by atoms with van der Waals surface area (Å²) < 4.78 is 34.0. The van der Waals surface area contributed by atoms with Gasteiger partial charge in [0, 0.05) is 31.1 Å². The second-order valence-corrected chi connectivity index (χ2v) is 13.6. The lowest BCUT2D eigenvalue weighted by molar-refractivity contribution is -0.120. The van der Waals surface area contributed by atoms with E-state index >= 15 is 0 Å². The quantitative estimate of drug-likeness (QED) is 0.505. The zero-order chi connectivity index (χ0) is 27.4. The lowest BCUT2D eigenvalue weighted by atomic mass is 9.88. The Morgan fingerprint density at radius 2 is 2.00 bits per heavy atom. The molecule has 1 saturated carbocycles. The number of hydrogen-bond acceptors (Lipinski definition) is 7. The number of nitrogens with zero attached hydrogens (tertiary/aromatic N) is 2. The van der Waals surface area contributed by atoms with Gasteiger partial charge < -0.3 is 20.1 Å². The molecule has 1 aromatic heterocycles. The first-order valence-corrected chi connectivity index (χ1v) is 15.5. The molecular formula is C27H37N3O6S2. The van der Waals surface area contributed by atoms with Crippen LogP contribution >= 0.6 is 11.3 Å². The van der Waals surface area contributed by atoms with Crippen LogP contribution in [0.5, 0.6) is 5.75 Å². The van der Waals surface area contributed by atoms with Gasteiger partial charge in [-0.15, -0.1) is 11.3 Å². The molecule has 1 aliphatic heterocycles. The van der Waals surface area contributed by atoms with Gasteiger partial charge in [0.05, 0.1) is 24.8 Å². The predicted molar refractivity (Wildman–Crippen MR) is 147 cm³/mol. The molecular weight excluding hydrogens is 526 g/mol. The van der Waals surface area contributed by atoms with E-state index in [9.17, 15) is 23.1 Å². The molecule has 2 aliphatic rings. The molecule has 1 aromatic carbocycles. The van der Waals surface area contributed by atoms with Crippen molar-refractivity contribution >= 4 is 38.9 Å². The number of aliphatic hydroxyl groups excluding tert-OH is 1. The molecule has 3 atom stereocenters. The van der Waals surface area contributed by atoms with Crippen molar-refractivity contribution in [2.75, 3.05) is 32.1 Å². The summed E-state index contributed by atoms with van der Waals surface area (Å²) in [6.07, 6.45) is 4.40. The number of thiophene rings is 1. The number of fused-ring (bicyclic) bond motifs is 1. The zero-order valence-electron chi connectivity index (χ0n) is 22.1. The van der Waals surface area contributed by atoms with Crippen LogP contribution in [-0.4, -0.2) is 73.4 Å². The summed E-state index contributed by atoms with van der Waals surface area (Å²) in [4.78, 5) is 28.1. The molecule has 2 N–H and O–H groups in total. The van der Waals surface area contributed by atoms with Gasteiger partial charge >= 0.3 is 0 Å². The number of ether oxygens (including phenoxy) is 1. The van der Waals surface area contributed by atoms with Crippen molar-refractivity contribution in [1.82, 2.24) is 9.21 Å². The summed E-state index contributed by atoms with van der Waals surface area (Å²) in [5.74, 6) is -0.293. The van der Waals surface area contributed by atoms with E-state index in [1.807, 2.05) is 6.92 Å². The summed E-state index contributed by atoms with van der Waals surface area (Å²) in [5.41, 5.74) is 0.780. The summed E-state index contributed by atoms with van der Waals surface area (Å²) >= 11 is 1.16. The van der Waals surface area contributed by atoms with Gasteiger partial charge in [0.15, 0.2) is 0 Å². The average Bonchev–Trinajstić information content (AvgIpc) is 3.47. The molecule has 0 bridgehead atoms. The molecule has 9 nitrogen and oxygen atoms in total. The first kappa shape index (κ1) is 28.5. The van der Waals surface area contributed by atoms with Crippen LogP contribution in [0.15, 0.2) is 39.9 Å². The van der Waals surface area contributed by atoms with Gasteiger partial charge in [0.1, 0.15) is 16.1 Å². The molecule has 38 heavy (non-hydrogen) atoms. The predicted octanol–water partition coefficient (Wildman–Crippen LogP) is 3.81. The minimum absolute atomic E-state index is 0.0327. The van der Waals surface area contributed by atoms with E-state index in [1.165, 1.54) is 11.4 Å². The Balaban J connectivity index is 1.62. The Hall–Kier alpha value is -2.47. The maximum absolute atomic E-state index is 13.6. The summed E-state index contributed by atoms with van der Waals surface area (Å²) in [6, 6.07) is 7.80. The molecule has 0 spiro atoms. The number of carbonyl (C=O) groups is 2. The summed E-state index contributed by atoms with van der Waals surface area (Å²) in [5, 5.41) is 14.6. The first-order valence-electron chi connectivity index (χ1n) is 13.1. The van der Waals surface area contributed by atoms with Gasteiger partial charge in [0.2, 0.25) is 5.91 Å². The fourth-order valence-corrected chi connectivity index (χ4v) is 7.43. The number of sulfonamides is 1. The summed E-state index contributed by atoms with van der Waals surface area (Å²) in [6.45, 7) is 3.81. The van der Waals surface area contributed by atoms with Crippen LogP contribution in [0.2, 0.25) is 0 Å². The number of anilines is 1. The lowest BCUT2D eigenvalue weighted by Crippen LogP contribution is -2.50. The Bertz CT molecular complexity index is 1230. The van der Waals surface area contributed by atoms with Crippen molar-refractivity contribution in [2.45, 2.75) is 62.3 Å². The second-order valence-electron chi connectivity index (χ2n) is 10.4. The van der Waals surface area contributed by atoms with Crippen LogP contribution in [0, 0.1) is 11.8 Å². The smallest absolute Gasteiger partial charge is 0.258 e. The van der Waals surface area contributed by atoms with Gasteiger partial charge in [-0.1, -0.05) is 32.3 Å². The molecule has 1 aliphatic carbocycles. The number of aliphatic hydroxyl groups is 1. The van der Waals surface area contributed by atoms with Crippen LogP contribution < -0.4 is 10.1 Å². The fraction of sp³-hybridized carbons (Fsp3) is 0.556. The van der Waals surface area contributed by atoms with Crippen LogP contribution in [0.1, 0.15) is 56.3 Å². The molecule has 208 valence electrons. The number of likely N-dealkylation sites (N-methyl/N-ethyl adjacent to an activating group) is 1. The Labute approximate surface area is 228 Å². The fourth-order valence-electron chi connectivity index (χ4n) is 5.04. The highest BCUT2D eigenvalue weighted by Gasteiger charge is 2.35. The molecule has 4 rings (SSSR count). The first-order chi connectivity index (χ1) is 18.1. The van der Waals surface area contributed by atoms with Gasteiger partial charge in [-0.2, -0.15) is 4.31 Å². The molecule has 2 amide bonds. The Morgan fingerprint density at radius 1 is 1.26 bits per heavy atom. The third-order valence-corrected chi connectivity index (χ3v) is 10.7. The van der Waals surface area contributed by atoms with Crippen molar-refractivity contribution in [2.24, 2.45) is 11.8 Å². The summed E-state index contributed by atoms with van der Waals surface area (Å²) in [7, 11) is -2.17. The van der Waals surface area contributed by atoms with E-state index < -0.39 is 22.2 Å². The van der Waals surface area contributed by atoms with Crippen molar-refractivity contribution in [3.8, 4) is 5.75 Å². The zero-order valence-corrected chi connectivity index (χ0v) is 23.8. The number of amides is 2. The minimum Gasteiger partial charge on any atom is -0.488 e. The molecule has 0 unspecified atom stereocenters. The van der Waals surface area contributed by atoms with E-state index in [-0.39, 0.29) is 53.1 Å². The van der Waals surface area contributed by atoms with Gasteiger partial charge in [-0.05, 0) is 49.4 Å². The van der Waals surface area contributed by atoms with Gasteiger partial charge in [-0.3, -0.25) is 9.59 Å². The number of rotatable bonds is 8. The largest absolute Gasteiger partial charge is 0.488 e. The monoisotopic (exact) mass is 563 g/mol. The van der Waals surface area contributed by atoms with Crippen molar-refractivity contribution in [3.63, 3.8) is 0 Å². The van der Waals surface area contributed by atoms with Crippen LogP contribution in [0.3, 0.4) is 0 Å². The number of hydrogen-bond donors (Lipinski definition) is 2. The number of benzene rings is 1. The van der Waals surface area contributed by atoms with E-state index in [2.05, 4.69) is 5.32 Å².